The van der Waals surface area contributed by atoms with Gasteiger partial charge in [-0.05, 0) is 56.8 Å². The zero-order chi connectivity index (χ0) is 19.4. The van der Waals surface area contributed by atoms with Gasteiger partial charge in [0, 0.05) is 12.0 Å². The van der Waals surface area contributed by atoms with Crippen LogP contribution in [0.25, 0.3) is 0 Å². The molecule has 1 saturated carbocycles. The number of nitrogens with one attached hydrogen (secondary N) is 2. The zero-order valence-corrected chi connectivity index (χ0v) is 16.8. The molecule has 2 aliphatic rings. The van der Waals surface area contributed by atoms with Gasteiger partial charge in [-0.25, -0.2) is 4.68 Å². The normalized spacial score (nSPS) is 20.0. The van der Waals surface area contributed by atoms with Gasteiger partial charge in [0.25, 0.3) is 5.91 Å². The molecule has 1 aromatic heterocycles. The first-order valence-corrected chi connectivity index (χ1v) is 10.6. The van der Waals surface area contributed by atoms with E-state index in [2.05, 4.69) is 52.1 Å². The van der Waals surface area contributed by atoms with Crippen LogP contribution in [-0.4, -0.2) is 40.5 Å². The molecule has 0 unspecified atom stereocenters. The van der Waals surface area contributed by atoms with Crippen LogP contribution in [-0.2, 0) is 5.41 Å². The van der Waals surface area contributed by atoms with Crippen LogP contribution < -0.4 is 10.6 Å². The van der Waals surface area contributed by atoms with Crippen LogP contribution in [0.5, 0.6) is 0 Å². The number of aryl methyl sites for hydroxylation is 1. The van der Waals surface area contributed by atoms with Gasteiger partial charge >= 0.3 is 0 Å². The van der Waals surface area contributed by atoms with Gasteiger partial charge in [0.05, 0.1) is 12.2 Å². The van der Waals surface area contributed by atoms with Gasteiger partial charge in [-0.2, -0.15) is 0 Å². The van der Waals surface area contributed by atoms with Gasteiger partial charge in [0.15, 0.2) is 5.69 Å². The smallest absolute Gasteiger partial charge is 0.273 e. The lowest BCUT2D eigenvalue weighted by molar-refractivity contribution is 0.0931. The minimum absolute atomic E-state index is 0.0320. The summed E-state index contributed by atoms with van der Waals surface area (Å²) >= 11 is 0. The molecule has 6 nitrogen and oxygen atoms in total. The Labute approximate surface area is 167 Å². The van der Waals surface area contributed by atoms with Crippen LogP contribution in [0, 0.1) is 6.92 Å². The number of hydrogen-bond acceptors (Lipinski definition) is 4. The molecule has 1 aromatic carbocycles. The third-order valence-electron chi connectivity index (χ3n) is 6.54. The first kappa shape index (κ1) is 19.1. The van der Waals surface area contributed by atoms with Crippen molar-refractivity contribution in [3.05, 3.63) is 47.3 Å². The molecule has 0 radical (unpaired) electrons. The van der Waals surface area contributed by atoms with Crippen LogP contribution in [0.3, 0.4) is 0 Å². The number of nitrogens with zero attached hydrogens (tertiary/aromatic N) is 3. The van der Waals surface area contributed by atoms with E-state index < -0.39 is 0 Å². The van der Waals surface area contributed by atoms with Gasteiger partial charge in [-0.15, -0.1) is 5.10 Å². The number of benzene rings is 1. The Morgan fingerprint density at radius 1 is 1.21 bits per heavy atom. The molecule has 28 heavy (non-hydrogen) atoms. The fourth-order valence-electron chi connectivity index (χ4n) is 4.91. The number of carbonyl (C=O) groups excluding carboxylic acids is 1. The lowest BCUT2D eigenvalue weighted by Crippen LogP contribution is -2.42. The van der Waals surface area contributed by atoms with Gasteiger partial charge in [-0.3, -0.25) is 4.79 Å². The Balaban J connectivity index is 1.46. The summed E-state index contributed by atoms with van der Waals surface area (Å²) in [6, 6.07) is 8.96. The molecule has 2 aromatic rings. The molecule has 2 heterocycles. The molecule has 4 rings (SSSR count). The van der Waals surface area contributed by atoms with E-state index in [0.29, 0.717) is 18.3 Å². The summed E-state index contributed by atoms with van der Waals surface area (Å²) in [5.41, 5.74) is 3.16. The topological polar surface area (TPSA) is 71.8 Å². The molecule has 1 amide bonds. The Morgan fingerprint density at radius 3 is 2.71 bits per heavy atom. The Bertz CT molecular complexity index is 803. The predicted octanol–water partition coefficient (Wildman–Crippen LogP) is 3.14. The number of piperidine rings is 1. The minimum Gasteiger partial charge on any atom is -0.350 e. The van der Waals surface area contributed by atoms with Crippen molar-refractivity contribution in [1.82, 2.24) is 25.6 Å². The highest BCUT2D eigenvalue weighted by Gasteiger charge is 2.35. The Kier molecular flexibility index (Phi) is 5.76. The van der Waals surface area contributed by atoms with Crippen LogP contribution >= 0.6 is 0 Å². The first-order chi connectivity index (χ1) is 13.7. The second kappa shape index (κ2) is 8.43. The fraction of sp³-hybridized carbons (Fsp3) is 0.591. The summed E-state index contributed by atoms with van der Waals surface area (Å²) in [6.07, 6.45) is 9.84. The van der Waals surface area contributed by atoms with E-state index in [9.17, 15) is 4.79 Å². The molecule has 2 N–H and O–H groups in total. The lowest BCUT2D eigenvalue weighted by Gasteiger charge is -2.39. The van der Waals surface area contributed by atoms with Crippen molar-refractivity contribution in [3.63, 3.8) is 0 Å². The van der Waals surface area contributed by atoms with E-state index >= 15 is 0 Å². The zero-order valence-electron chi connectivity index (χ0n) is 16.8. The second-order valence-corrected chi connectivity index (χ2v) is 8.40. The first-order valence-electron chi connectivity index (χ1n) is 10.6. The van der Waals surface area contributed by atoms with Gasteiger partial charge in [-0.1, -0.05) is 48.7 Å². The molecule has 1 saturated heterocycles. The molecule has 1 aliphatic carbocycles. The average Bonchev–Trinajstić information content (AvgIpc) is 3.24. The highest BCUT2D eigenvalue weighted by molar-refractivity contribution is 5.91. The molecule has 1 aliphatic heterocycles. The van der Waals surface area contributed by atoms with Crippen molar-refractivity contribution < 1.29 is 4.79 Å². The molecule has 0 bridgehead atoms. The maximum atomic E-state index is 12.8. The summed E-state index contributed by atoms with van der Waals surface area (Å²) in [4.78, 5) is 12.8. The SMILES string of the molecule is Cc1ccccc1C1(CNC(=O)c2cn(C3CCNCC3)nn2)CCCCC1. The van der Waals surface area contributed by atoms with E-state index in [0.717, 1.165) is 38.8 Å². The summed E-state index contributed by atoms with van der Waals surface area (Å²) in [6.45, 7) is 4.82. The van der Waals surface area contributed by atoms with Crippen molar-refractivity contribution in [2.45, 2.75) is 63.3 Å². The summed E-state index contributed by atoms with van der Waals surface area (Å²) in [7, 11) is 0. The van der Waals surface area contributed by atoms with E-state index in [1.807, 2.05) is 10.9 Å². The van der Waals surface area contributed by atoms with Gasteiger partial charge in [0.2, 0.25) is 0 Å². The van der Waals surface area contributed by atoms with E-state index in [1.54, 1.807) is 0 Å². The van der Waals surface area contributed by atoms with Crippen LogP contribution in [0.2, 0.25) is 0 Å². The average molecular weight is 382 g/mol. The largest absolute Gasteiger partial charge is 0.350 e. The quantitative estimate of drug-likeness (QED) is 0.835. The highest BCUT2D eigenvalue weighted by Crippen LogP contribution is 2.40. The van der Waals surface area contributed by atoms with Crippen LogP contribution in [0.4, 0.5) is 0 Å². The molecule has 0 atom stereocenters. The third-order valence-corrected chi connectivity index (χ3v) is 6.54. The highest BCUT2D eigenvalue weighted by atomic mass is 16.2. The molecule has 6 heteroatoms. The molecular weight excluding hydrogens is 350 g/mol. The van der Waals surface area contributed by atoms with Gasteiger partial charge in [0.1, 0.15) is 0 Å². The van der Waals surface area contributed by atoms with E-state index in [4.69, 9.17) is 0 Å². The summed E-state index contributed by atoms with van der Waals surface area (Å²) in [5, 5.41) is 14.9. The monoisotopic (exact) mass is 381 g/mol. The molecular formula is C22H31N5O. The van der Waals surface area contributed by atoms with Crippen molar-refractivity contribution in [3.8, 4) is 0 Å². The van der Waals surface area contributed by atoms with Crippen molar-refractivity contribution in [2.24, 2.45) is 0 Å². The summed E-state index contributed by atoms with van der Waals surface area (Å²) in [5.74, 6) is -0.112. The molecule has 2 fully saturated rings. The molecule has 150 valence electrons. The standard InChI is InChI=1S/C22H31N5O/c1-17-7-3-4-8-19(17)22(11-5-2-6-12-22)16-24-21(28)20-15-27(26-25-20)18-9-13-23-14-10-18/h3-4,7-8,15,18,23H,2,5-6,9-14,16H2,1H3,(H,24,28). The number of amides is 1. The Hall–Kier alpha value is -2.21. The second-order valence-electron chi connectivity index (χ2n) is 8.40. The Morgan fingerprint density at radius 2 is 1.96 bits per heavy atom. The number of rotatable bonds is 5. The number of aromatic nitrogens is 3. The maximum Gasteiger partial charge on any atom is 0.273 e. The van der Waals surface area contributed by atoms with E-state index in [-0.39, 0.29) is 11.3 Å². The molecule has 0 spiro atoms. The van der Waals surface area contributed by atoms with Crippen molar-refractivity contribution >= 4 is 5.91 Å². The van der Waals surface area contributed by atoms with Crippen molar-refractivity contribution in [2.75, 3.05) is 19.6 Å². The predicted molar refractivity (Wildman–Crippen MR) is 109 cm³/mol. The van der Waals surface area contributed by atoms with Crippen LogP contribution in [0.15, 0.2) is 30.5 Å². The third kappa shape index (κ3) is 3.97. The van der Waals surface area contributed by atoms with Crippen molar-refractivity contribution in [1.29, 1.82) is 0 Å². The summed E-state index contributed by atoms with van der Waals surface area (Å²) < 4.78 is 1.87. The maximum absolute atomic E-state index is 12.8. The lowest BCUT2D eigenvalue weighted by atomic mass is 9.68. The number of hydrogen-bond donors (Lipinski definition) is 2. The fourth-order valence-corrected chi connectivity index (χ4v) is 4.91. The van der Waals surface area contributed by atoms with Crippen LogP contribution in [0.1, 0.15) is 72.6 Å². The minimum atomic E-state index is -0.112. The van der Waals surface area contributed by atoms with Gasteiger partial charge < -0.3 is 10.6 Å². The van der Waals surface area contributed by atoms with E-state index in [1.165, 1.54) is 30.4 Å². The number of carbonyl (C=O) groups is 1.